The van der Waals surface area contributed by atoms with Gasteiger partial charge in [-0.05, 0) is 41.7 Å². The van der Waals surface area contributed by atoms with Crippen LogP contribution in [-0.4, -0.2) is 15.5 Å². The number of hydrogen-bond acceptors (Lipinski definition) is 3. The molecule has 0 aliphatic rings. The molecule has 0 fully saturated rings. The van der Waals surface area contributed by atoms with Crippen LogP contribution in [0.15, 0.2) is 42.0 Å². The number of carbonyl (C=O) groups excluding carboxylic acids is 1. The summed E-state index contributed by atoms with van der Waals surface area (Å²) in [7, 11) is 0. The van der Waals surface area contributed by atoms with E-state index in [1.165, 1.54) is 17.4 Å². The van der Waals surface area contributed by atoms with Gasteiger partial charge in [-0.15, -0.1) is 11.3 Å². The second-order valence-corrected chi connectivity index (χ2v) is 7.96. The Hall–Kier alpha value is -2.68. The van der Waals surface area contributed by atoms with Crippen LogP contribution in [-0.2, 0) is 19.1 Å². The number of carbonyl (C=O) groups is 1. The molecule has 0 aliphatic carbocycles. The van der Waals surface area contributed by atoms with Gasteiger partial charge in [0.05, 0.1) is 5.56 Å². The van der Waals surface area contributed by atoms with Crippen LogP contribution < -0.4 is 5.32 Å². The molecule has 0 saturated heterocycles. The fourth-order valence-corrected chi connectivity index (χ4v) is 3.53. The molecule has 2 aromatic heterocycles. The lowest BCUT2D eigenvalue weighted by Crippen LogP contribution is -2.17. The summed E-state index contributed by atoms with van der Waals surface area (Å²) in [6, 6.07) is 4.58. The zero-order chi connectivity index (χ0) is 21.2. The summed E-state index contributed by atoms with van der Waals surface area (Å²) in [6.07, 6.45) is -0.777. The highest BCUT2D eigenvalue weighted by molar-refractivity contribution is 7.13. The maximum absolute atomic E-state index is 13.6. The second kappa shape index (κ2) is 8.36. The minimum absolute atomic E-state index is 0.00206. The number of anilines is 1. The van der Waals surface area contributed by atoms with E-state index in [1.807, 2.05) is 13.8 Å². The Labute approximate surface area is 169 Å². The third-order valence-corrected chi connectivity index (χ3v) is 4.86. The smallest absolute Gasteiger partial charge is 0.339 e. The van der Waals surface area contributed by atoms with Crippen LogP contribution in [0.25, 0.3) is 0 Å². The molecule has 154 valence electrons. The quantitative estimate of drug-likeness (QED) is 0.523. The number of thiazole rings is 1. The summed E-state index contributed by atoms with van der Waals surface area (Å²) < 4.78 is 54.2. The number of aromatic nitrogens is 2. The Balaban J connectivity index is 1.93. The van der Waals surface area contributed by atoms with Crippen LogP contribution in [0.4, 0.5) is 22.7 Å². The van der Waals surface area contributed by atoms with E-state index in [1.54, 1.807) is 28.4 Å². The molecular weight excluding hydrogens is 406 g/mol. The number of benzene rings is 1. The molecule has 9 heteroatoms. The van der Waals surface area contributed by atoms with Crippen LogP contribution in [0.3, 0.4) is 0 Å². The van der Waals surface area contributed by atoms with Gasteiger partial charge in [-0.3, -0.25) is 10.1 Å². The fourth-order valence-electron chi connectivity index (χ4n) is 3.01. The molecule has 3 rings (SSSR count). The van der Waals surface area contributed by atoms with Gasteiger partial charge in [0.2, 0.25) is 0 Å². The van der Waals surface area contributed by atoms with E-state index in [0.29, 0.717) is 23.2 Å². The van der Waals surface area contributed by atoms with E-state index >= 15 is 0 Å². The molecule has 0 radical (unpaired) electrons. The van der Waals surface area contributed by atoms with Crippen molar-refractivity contribution < 1.29 is 22.4 Å². The first-order chi connectivity index (χ1) is 13.6. The van der Waals surface area contributed by atoms with Crippen molar-refractivity contribution in [1.82, 2.24) is 9.55 Å². The zero-order valence-corrected chi connectivity index (χ0v) is 16.6. The second-order valence-electron chi connectivity index (χ2n) is 7.06. The standard InChI is InChI=1S/C20H19F4N3OS/c1-12(2)7-14-9-17(18(28)26-19-25-5-6-29-19)27(11-14)10-13-3-4-16(21)15(8-13)20(22,23)24/h3-6,8-9,11-12H,7,10H2,1-2H3,(H,25,26,28). The number of nitrogens with one attached hydrogen (secondary N) is 1. The van der Waals surface area contributed by atoms with E-state index in [4.69, 9.17) is 0 Å². The van der Waals surface area contributed by atoms with E-state index < -0.39 is 23.5 Å². The Morgan fingerprint density at radius 2 is 2.00 bits per heavy atom. The minimum Gasteiger partial charge on any atom is -0.339 e. The monoisotopic (exact) mass is 425 g/mol. The summed E-state index contributed by atoms with van der Waals surface area (Å²) in [4.78, 5) is 16.7. The van der Waals surface area contributed by atoms with Crippen molar-refractivity contribution in [2.75, 3.05) is 5.32 Å². The number of halogens is 4. The molecule has 4 nitrogen and oxygen atoms in total. The SMILES string of the molecule is CC(C)Cc1cc(C(=O)Nc2nccs2)n(Cc2ccc(F)c(C(F)(F)F)c2)c1. The maximum atomic E-state index is 13.6. The number of amides is 1. The van der Waals surface area contributed by atoms with Crippen molar-refractivity contribution in [2.24, 2.45) is 5.92 Å². The molecule has 3 aromatic rings. The first kappa shape index (κ1) is 21.0. The average Bonchev–Trinajstić information content (AvgIpc) is 3.25. The molecule has 0 unspecified atom stereocenters. The van der Waals surface area contributed by atoms with Crippen molar-refractivity contribution in [1.29, 1.82) is 0 Å². The zero-order valence-electron chi connectivity index (χ0n) is 15.8. The minimum atomic E-state index is -4.79. The number of alkyl halides is 3. The third kappa shape index (κ3) is 5.23. The lowest BCUT2D eigenvalue weighted by Gasteiger charge is -2.12. The third-order valence-electron chi connectivity index (χ3n) is 4.17. The van der Waals surface area contributed by atoms with E-state index in [2.05, 4.69) is 10.3 Å². The lowest BCUT2D eigenvalue weighted by molar-refractivity contribution is -0.140. The van der Waals surface area contributed by atoms with Crippen molar-refractivity contribution >= 4 is 22.4 Å². The predicted octanol–water partition coefficient (Wildman–Crippen LogP) is 5.60. The van der Waals surface area contributed by atoms with Gasteiger partial charge >= 0.3 is 6.18 Å². The van der Waals surface area contributed by atoms with Gasteiger partial charge in [-0.1, -0.05) is 19.9 Å². The Morgan fingerprint density at radius 1 is 1.24 bits per heavy atom. The molecule has 0 atom stereocenters. The first-order valence-electron chi connectivity index (χ1n) is 8.89. The van der Waals surface area contributed by atoms with Crippen molar-refractivity contribution in [3.63, 3.8) is 0 Å². The molecule has 1 aromatic carbocycles. The molecule has 0 aliphatic heterocycles. The van der Waals surface area contributed by atoms with Crippen LogP contribution in [0, 0.1) is 11.7 Å². The van der Waals surface area contributed by atoms with Gasteiger partial charge in [0, 0.05) is 24.3 Å². The molecule has 0 saturated carbocycles. The van der Waals surface area contributed by atoms with Gasteiger partial charge in [0.25, 0.3) is 5.91 Å². The predicted molar refractivity (Wildman–Crippen MR) is 104 cm³/mol. The van der Waals surface area contributed by atoms with Crippen LogP contribution >= 0.6 is 11.3 Å². The van der Waals surface area contributed by atoms with E-state index in [9.17, 15) is 22.4 Å². The lowest BCUT2D eigenvalue weighted by atomic mass is 10.1. The van der Waals surface area contributed by atoms with E-state index in [0.717, 1.165) is 17.7 Å². The van der Waals surface area contributed by atoms with Gasteiger partial charge < -0.3 is 4.57 Å². The summed E-state index contributed by atoms with van der Waals surface area (Å²) in [5.41, 5.74) is 0.114. The van der Waals surface area contributed by atoms with Gasteiger partial charge in [-0.25, -0.2) is 9.37 Å². The molecular formula is C20H19F4N3OS. The maximum Gasteiger partial charge on any atom is 0.419 e. The van der Waals surface area contributed by atoms with Crippen LogP contribution in [0.1, 0.15) is 41.0 Å². The Bertz CT molecular complexity index is 994. The molecule has 29 heavy (non-hydrogen) atoms. The first-order valence-corrected chi connectivity index (χ1v) is 9.77. The summed E-state index contributed by atoms with van der Waals surface area (Å²) >= 11 is 1.26. The van der Waals surface area contributed by atoms with E-state index in [-0.39, 0.29) is 12.1 Å². The summed E-state index contributed by atoms with van der Waals surface area (Å²) in [5, 5.41) is 4.83. The van der Waals surface area contributed by atoms with Crippen molar-refractivity contribution in [3.8, 4) is 0 Å². The molecule has 2 heterocycles. The largest absolute Gasteiger partial charge is 0.419 e. The normalized spacial score (nSPS) is 11.8. The highest BCUT2D eigenvalue weighted by atomic mass is 32.1. The molecule has 0 spiro atoms. The average molecular weight is 425 g/mol. The van der Waals surface area contributed by atoms with Gasteiger partial charge in [0.1, 0.15) is 11.5 Å². The highest BCUT2D eigenvalue weighted by Crippen LogP contribution is 2.32. The Kier molecular flexibility index (Phi) is 6.07. The van der Waals surface area contributed by atoms with Gasteiger partial charge in [0.15, 0.2) is 5.13 Å². The Morgan fingerprint density at radius 3 is 2.62 bits per heavy atom. The highest BCUT2D eigenvalue weighted by Gasteiger charge is 2.34. The van der Waals surface area contributed by atoms with Crippen LogP contribution in [0.2, 0.25) is 0 Å². The fraction of sp³-hybridized carbons (Fsp3) is 0.300. The molecule has 1 N–H and O–H groups in total. The number of hydrogen-bond donors (Lipinski definition) is 1. The number of rotatable bonds is 6. The topological polar surface area (TPSA) is 46.9 Å². The molecule has 1 amide bonds. The van der Waals surface area contributed by atoms with Gasteiger partial charge in [-0.2, -0.15) is 13.2 Å². The summed E-state index contributed by atoms with van der Waals surface area (Å²) in [6.45, 7) is 4.06. The van der Waals surface area contributed by atoms with Crippen molar-refractivity contribution in [2.45, 2.75) is 33.0 Å². The number of nitrogens with zero attached hydrogens (tertiary/aromatic N) is 2. The molecule has 0 bridgehead atoms. The summed E-state index contributed by atoms with van der Waals surface area (Å²) in [5.74, 6) is -1.40. The van der Waals surface area contributed by atoms with Crippen molar-refractivity contribution in [3.05, 3.63) is 70.2 Å². The van der Waals surface area contributed by atoms with Crippen LogP contribution in [0.5, 0.6) is 0 Å².